The Balaban J connectivity index is 1.53. The van der Waals surface area contributed by atoms with Crippen LogP contribution in [-0.2, 0) is 23.9 Å². The number of rotatable bonds is 7. The fourth-order valence-corrected chi connectivity index (χ4v) is 6.65. The van der Waals surface area contributed by atoms with Crippen LogP contribution in [0.25, 0.3) is 0 Å². The summed E-state index contributed by atoms with van der Waals surface area (Å²) in [5.74, 6) is -1.19. The molecule has 2 saturated heterocycles. The van der Waals surface area contributed by atoms with Gasteiger partial charge in [-0.15, -0.1) is 0 Å². The minimum Gasteiger partial charge on any atom is -0.456 e. The highest BCUT2D eigenvalue weighted by atomic mass is 17.1. The van der Waals surface area contributed by atoms with Gasteiger partial charge in [-0.1, -0.05) is 30.3 Å². The largest absolute Gasteiger partial charge is 0.456 e. The summed E-state index contributed by atoms with van der Waals surface area (Å²) in [5, 5.41) is 61.1. The molecule has 11 atom stereocenters. The number of benzene rings is 1. The predicted octanol–water partition coefficient (Wildman–Crippen LogP) is -0.751. The second-order valence-electron chi connectivity index (χ2n) is 10.0. The summed E-state index contributed by atoms with van der Waals surface area (Å²) in [6, 6.07) is 8.77. The van der Waals surface area contributed by atoms with Gasteiger partial charge in [0.05, 0.1) is 12.7 Å². The van der Waals surface area contributed by atoms with Gasteiger partial charge in [0.1, 0.15) is 47.1 Å². The molecule has 5 fully saturated rings. The van der Waals surface area contributed by atoms with E-state index >= 15 is 0 Å². The molecule has 0 aromatic heterocycles. The van der Waals surface area contributed by atoms with E-state index in [4.69, 9.17) is 19.1 Å². The van der Waals surface area contributed by atoms with Crippen LogP contribution in [0.2, 0.25) is 0 Å². The fraction of sp³-hybridized carbons (Fsp3) is 0.696. The van der Waals surface area contributed by atoms with Crippen LogP contribution >= 0.6 is 0 Å². The van der Waals surface area contributed by atoms with Crippen LogP contribution in [0.15, 0.2) is 30.3 Å². The van der Waals surface area contributed by atoms with Crippen molar-refractivity contribution in [2.75, 3.05) is 6.61 Å². The maximum Gasteiger partial charge on any atom is 0.316 e. The summed E-state index contributed by atoms with van der Waals surface area (Å²) in [6.07, 6.45) is -9.22. The molecule has 7 unspecified atom stereocenters. The second-order valence-corrected chi connectivity index (χ2v) is 10.0. The molecule has 11 heteroatoms. The quantitative estimate of drug-likeness (QED) is 0.164. The Morgan fingerprint density at radius 3 is 2.44 bits per heavy atom. The van der Waals surface area contributed by atoms with E-state index in [-0.39, 0.29) is 19.3 Å². The van der Waals surface area contributed by atoms with Crippen LogP contribution in [0.1, 0.15) is 37.9 Å². The number of hydrogen-bond donors (Lipinski definition) is 6. The van der Waals surface area contributed by atoms with Gasteiger partial charge in [-0.25, -0.2) is 4.89 Å². The Hall–Kier alpha value is -1.67. The molecule has 1 aromatic rings. The first kappa shape index (κ1) is 24.0. The fourth-order valence-electron chi connectivity index (χ4n) is 6.65. The highest BCUT2D eigenvalue weighted by Gasteiger charge is 2.88. The molecular formula is C23H30O11. The molecule has 3 saturated carbocycles. The van der Waals surface area contributed by atoms with Gasteiger partial charge in [-0.3, -0.25) is 10.1 Å². The normalized spacial score (nSPS) is 48.2. The van der Waals surface area contributed by atoms with E-state index in [1.54, 1.807) is 37.3 Å². The lowest BCUT2D eigenvalue weighted by Gasteiger charge is -2.67. The minimum absolute atomic E-state index is 0.0819. The zero-order chi connectivity index (χ0) is 24.5. The van der Waals surface area contributed by atoms with Crippen LogP contribution in [0.5, 0.6) is 0 Å². The molecule has 4 bridgehead atoms. The molecule has 5 aliphatic rings. The highest BCUT2D eigenvalue weighted by Crippen LogP contribution is 2.75. The minimum atomic E-state index is -1.67. The van der Waals surface area contributed by atoms with E-state index in [0.29, 0.717) is 5.56 Å². The Morgan fingerprint density at radius 1 is 1.09 bits per heavy atom. The van der Waals surface area contributed by atoms with Crippen LogP contribution in [0, 0.1) is 11.3 Å². The van der Waals surface area contributed by atoms with Crippen molar-refractivity contribution in [3.8, 4) is 0 Å². The van der Waals surface area contributed by atoms with Gasteiger partial charge in [0.25, 0.3) is 0 Å². The van der Waals surface area contributed by atoms with Crippen molar-refractivity contribution >= 4 is 5.97 Å². The smallest absolute Gasteiger partial charge is 0.316 e. The van der Waals surface area contributed by atoms with E-state index < -0.39 is 78.0 Å². The molecule has 0 amide bonds. The van der Waals surface area contributed by atoms with Crippen LogP contribution in [0.4, 0.5) is 0 Å². The van der Waals surface area contributed by atoms with Gasteiger partial charge in [-0.05, 0) is 18.9 Å². The third-order valence-electron chi connectivity index (χ3n) is 8.43. The van der Waals surface area contributed by atoms with Crippen LogP contribution in [-0.4, -0.2) is 91.4 Å². The van der Waals surface area contributed by atoms with Crippen molar-refractivity contribution < 1.29 is 54.7 Å². The van der Waals surface area contributed by atoms with E-state index in [2.05, 4.69) is 0 Å². The SMILES string of the molecule is C[C@]12C[C@@H](O)C3C[C@]1(OC1OC(CO)C(O)C(O)C1O)[C@@]3(CC(OO)c1ccccc1)C(=O)O2. The molecule has 11 nitrogen and oxygen atoms in total. The molecule has 2 heterocycles. The Bertz CT molecular complexity index is 927. The van der Waals surface area contributed by atoms with Crippen molar-refractivity contribution in [1.82, 2.24) is 0 Å². The number of carbonyl (C=O) groups is 1. The van der Waals surface area contributed by atoms with Gasteiger partial charge >= 0.3 is 5.97 Å². The molecule has 3 aliphatic carbocycles. The predicted molar refractivity (Wildman–Crippen MR) is 111 cm³/mol. The lowest BCUT2D eigenvalue weighted by Crippen LogP contribution is -2.79. The number of esters is 1. The number of aliphatic hydroxyl groups excluding tert-OH is 5. The summed E-state index contributed by atoms with van der Waals surface area (Å²) in [7, 11) is 0. The van der Waals surface area contributed by atoms with Gasteiger partial charge < -0.3 is 39.7 Å². The van der Waals surface area contributed by atoms with Crippen LogP contribution in [0.3, 0.4) is 0 Å². The number of carbonyl (C=O) groups excluding carboxylic acids is 1. The number of hydrogen-bond acceptors (Lipinski definition) is 11. The van der Waals surface area contributed by atoms with Crippen molar-refractivity contribution in [3.05, 3.63) is 35.9 Å². The number of aliphatic hydroxyl groups is 5. The van der Waals surface area contributed by atoms with Gasteiger partial charge in [0, 0.05) is 18.8 Å². The second kappa shape index (κ2) is 8.19. The summed E-state index contributed by atoms with van der Waals surface area (Å²) < 4.78 is 17.7. The van der Waals surface area contributed by atoms with Crippen molar-refractivity contribution in [1.29, 1.82) is 0 Å². The van der Waals surface area contributed by atoms with E-state index in [0.717, 1.165) is 0 Å². The summed E-state index contributed by atoms with van der Waals surface area (Å²) >= 11 is 0. The topological polar surface area (TPSA) is 175 Å². The lowest BCUT2D eigenvalue weighted by molar-refractivity contribution is -0.397. The molecular weight excluding hydrogens is 452 g/mol. The van der Waals surface area contributed by atoms with Gasteiger partial charge in [0.2, 0.25) is 0 Å². The van der Waals surface area contributed by atoms with Gasteiger partial charge in [0.15, 0.2) is 6.29 Å². The molecule has 0 radical (unpaired) electrons. The standard InChI is InChI=1S/C23H30O11/c1-21-8-13(25)12-7-23(21,32-19-18(28)17(27)16(26)15(10-24)31-19)22(12,20(29)33-21)9-14(34-30)11-5-3-2-4-6-11/h2-6,12-19,24-28,30H,7-10H2,1H3/t12?,13-,14?,15?,16?,17?,18?,19?,21+,22-,23-/m1/s1. The monoisotopic (exact) mass is 482 g/mol. The molecule has 1 aromatic carbocycles. The average molecular weight is 482 g/mol. The summed E-state index contributed by atoms with van der Waals surface area (Å²) in [6.45, 7) is 0.998. The third kappa shape index (κ3) is 3.00. The molecule has 188 valence electrons. The first-order valence-electron chi connectivity index (χ1n) is 11.4. The van der Waals surface area contributed by atoms with Crippen molar-refractivity contribution in [3.63, 3.8) is 0 Å². The van der Waals surface area contributed by atoms with Crippen LogP contribution < -0.4 is 0 Å². The molecule has 0 spiro atoms. The Kier molecular flexibility index (Phi) is 5.79. The third-order valence-corrected chi connectivity index (χ3v) is 8.43. The molecule has 34 heavy (non-hydrogen) atoms. The maximum atomic E-state index is 13.4. The molecule has 6 rings (SSSR count). The lowest BCUT2D eigenvalue weighted by atomic mass is 9.39. The maximum absolute atomic E-state index is 13.4. The number of ether oxygens (including phenoxy) is 3. The summed E-state index contributed by atoms with van der Waals surface area (Å²) in [5.41, 5.74) is -3.53. The first-order chi connectivity index (χ1) is 16.1. The Labute approximate surface area is 195 Å². The molecule has 2 aliphatic heterocycles. The average Bonchev–Trinajstić information content (AvgIpc) is 2.88. The number of fused-ring (bicyclic) bond motifs is 1. The van der Waals surface area contributed by atoms with Crippen molar-refractivity contribution in [2.45, 2.75) is 80.3 Å². The first-order valence-corrected chi connectivity index (χ1v) is 11.4. The Morgan fingerprint density at radius 2 is 1.79 bits per heavy atom. The zero-order valence-corrected chi connectivity index (χ0v) is 18.6. The van der Waals surface area contributed by atoms with E-state index in [1.807, 2.05) is 0 Å². The molecule has 6 N–H and O–H groups in total. The highest BCUT2D eigenvalue weighted by molar-refractivity contribution is 5.86. The van der Waals surface area contributed by atoms with Gasteiger partial charge in [-0.2, -0.15) is 0 Å². The van der Waals surface area contributed by atoms with E-state index in [1.165, 1.54) is 0 Å². The zero-order valence-electron chi connectivity index (χ0n) is 18.6. The summed E-state index contributed by atoms with van der Waals surface area (Å²) in [4.78, 5) is 18.2. The van der Waals surface area contributed by atoms with E-state index in [9.17, 15) is 35.6 Å². The van der Waals surface area contributed by atoms with Crippen molar-refractivity contribution in [2.24, 2.45) is 11.3 Å².